The quantitative estimate of drug-likeness (QED) is 0.366. The molecular weight excluding hydrogens is 336 g/mol. The number of ether oxygens (including phenoxy) is 2. The van der Waals surface area contributed by atoms with Crippen molar-refractivity contribution in [1.82, 2.24) is 0 Å². The van der Waals surface area contributed by atoms with Crippen molar-refractivity contribution in [2.75, 3.05) is 13.7 Å². The van der Waals surface area contributed by atoms with E-state index in [1.165, 1.54) is 11.1 Å². The fraction of sp³-hybridized carbons (Fsp3) is 0.174. The largest absolute Gasteiger partial charge is 0.497 e. The summed E-state index contributed by atoms with van der Waals surface area (Å²) in [5, 5.41) is 0. The molecule has 0 aromatic heterocycles. The molecule has 0 radical (unpaired) electrons. The molecule has 27 heavy (non-hydrogen) atoms. The number of hydrogen-bond donors (Lipinski definition) is 1. The van der Waals surface area contributed by atoms with Crippen molar-refractivity contribution >= 4 is 11.5 Å². The average molecular weight is 360 g/mol. The van der Waals surface area contributed by atoms with Gasteiger partial charge in [0.2, 0.25) is 0 Å². The summed E-state index contributed by atoms with van der Waals surface area (Å²) in [5.74, 6) is 1.28. The molecule has 0 bridgehead atoms. The number of aliphatic imine (C=N–C) groups is 1. The van der Waals surface area contributed by atoms with Crippen LogP contribution in [-0.2, 0) is 17.8 Å². The zero-order chi connectivity index (χ0) is 18.9. The van der Waals surface area contributed by atoms with Crippen molar-refractivity contribution in [1.29, 1.82) is 0 Å². The number of methoxy groups -OCH3 is 1. The minimum atomic E-state index is 0.483. The van der Waals surface area contributed by atoms with Gasteiger partial charge >= 0.3 is 0 Å². The fourth-order valence-corrected chi connectivity index (χ4v) is 2.66. The van der Waals surface area contributed by atoms with Gasteiger partial charge in [0.05, 0.1) is 26.0 Å². The molecule has 0 atom stereocenters. The van der Waals surface area contributed by atoms with E-state index >= 15 is 0 Å². The highest BCUT2D eigenvalue weighted by Gasteiger charge is 2.01. The van der Waals surface area contributed by atoms with Gasteiger partial charge in [-0.25, -0.2) is 4.99 Å². The number of nitrogens with zero attached hydrogens (tertiary/aromatic N) is 1. The summed E-state index contributed by atoms with van der Waals surface area (Å²) in [4.78, 5) is 4.48. The number of benzene rings is 3. The molecule has 0 spiro atoms. The summed E-state index contributed by atoms with van der Waals surface area (Å²) in [5.41, 5.74) is 10.2. The summed E-state index contributed by atoms with van der Waals surface area (Å²) >= 11 is 0. The first-order chi connectivity index (χ1) is 13.2. The predicted molar refractivity (Wildman–Crippen MR) is 110 cm³/mol. The summed E-state index contributed by atoms with van der Waals surface area (Å²) in [6, 6.07) is 25.8. The van der Waals surface area contributed by atoms with Gasteiger partial charge in [0.25, 0.3) is 0 Å². The molecule has 2 N–H and O–H groups in total. The van der Waals surface area contributed by atoms with E-state index < -0.39 is 0 Å². The number of nitrogens with two attached hydrogens (primary N) is 1. The van der Waals surface area contributed by atoms with Crippen LogP contribution in [0.2, 0.25) is 0 Å². The van der Waals surface area contributed by atoms with Crippen LogP contribution in [0.1, 0.15) is 16.7 Å². The maximum absolute atomic E-state index is 6.10. The topological polar surface area (TPSA) is 56.8 Å². The third kappa shape index (κ3) is 5.69. The standard InChI is InChI=1S/C23H24N2O2/c1-26-22-13-9-20(10-14-22)23(24)25-21-11-7-18(8-12-21)15-16-27-17-19-5-3-2-4-6-19/h2-14H,15-17H2,1H3,(H2,24,25). The third-order valence-corrected chi connectivity index (χ3v) is 4.22. The molecule has 0 aliphatic carbocycles. The maximum Gasteiger partial charge on any atom is 0.131 e. The third-order valence-electron chi connectivity index (χ3n) is 4.22. The van der Waals surface area contributed by atoms with Crippen LogP contribution in [0.5, 0.6) is 5.75 Å². The molecule has 0 aliphatic heterocycles. The highest BCUT2D eigenvalue weighted by Crippen LogP contribution is 2.16. The highest BCUT2D eigenvalue weighted by atomic mass is 16.5. The zero-order valence-electron chi connectivity index (χ0n) is 15.5. The SMILES string of the molecule is COc1ccc(C(N)=Nc2ccc(CCOCc3ccccc3)cc2)cc1. The van der Waals surface area contributed by atoms with Crippen LogP contribution in [-0.4, -0.2) is 19.6 Å². The first-order valence-electron chi connectivity index (χ1n) is 8.94. The van der Waals surface area contributed by atoms with Crippen LogP contribution in [0.3, 0.4) is 0 Å². The predicted octanol–water partition coefficient (Wildman–Crippen LogP) is 4.49. The van der Waals surface area contributed by atoms with Crippen LogP contribution in [0.15, 0.2) is 83.9 Å². The molecule has 3 rings (SSSR count). The Kier molecular flexibility index (Phi) is 6.61. The molecule has 3 aromatic carbocycles. The number of amidine groups is 1. The summed E-state index contributed by atoms with van der Waals surface area (Å²) in [6.45, 7) is 1.33. The first-order valence-corrected chi connectivity index (χ1v) is 8.94. The van der Waals surface area contributed by atoms with E-state index in [1.807, 2.05) is 54.6 Å². The van der Waals surface area contributed by atoms with Crippen LogP contribution in [0, 0.1) is 0 Å². The molecule has 0 unspecified atom stereocenters. The second kappa shape index (κ2) is 9.55. The van der Waals surface area contributed by atoms with E-state index in [0.29, 0.717) is 19.0 Å². The molecule has 4 nitrogen and oxygen atoms in total. The van der Waals surface area contributed by atoms with Gasteiger partial charge in [0, 0.05) is 5.56 Å². The molecule has 3 aromatic rings. The molecule has 0 saturated heterocycles. The van der Waals surface area contributed by atoms with Crippen molar-refractivity contribution in [2.24, 2.45) is 10.7 Å². The van der Waals surface area contributed by atoms with Crippen molar-refractivity contribution in [3.8, 4) is 5.75 Å². The first kappa shape index (κ1) is 18.7. The Morgan fingerprint density at radius 3 is 2.22 bits per heavy atom. The minimum Gasteiger partial charge on any atom is -0.497 e. The molecule has 4 heteroatoms. The average Bonchev–Trinajstić information content (AvgIpc) is 2.73. The molecule has 0 fully saturated rings. The molecule has 138 valence electrons. The minimum absolute atomic E-state index is 0.483. The fourth-order valence-electron chi connectivity index (χ4n) is 2.66. The van der Waals surface area contributed by atoms with Crippen molar-refractivity contribution < 1.29 is 9.47 Å². The molecule has 0 amide bonds. The lowest BCUT2D eigenvalue weighted by molar-refractivity contribution is 0.124. The summed E-state index contributed by atoms with van der Waals surface area (Å²) < 4.78 is 10.9. The van der Waals surface area contributed by atoms with E-state index in [4.69, 9.17) is 15.2 Å². The lowest BCUT2D eigenvalue weighted by atomic mass is 10.1. The summed E-state index contributed by atoms with van der Waals surface area (Å²) in [6.07, 6.45) is 0.866. The maximum atomic E-state index is 6.10. The van der Waals surface area contributed by atoms with E-state index in [-0.39, 0.29) is 0 Å². The molecule has 0 saturated carbocycles. The number of rotatable bonds is 8. The van der Waals surface area contributed by atoms with Gasteiger partial charge < -0.3 is 15.2 Å². The van der Waals surface area contributed by atoms with Crippen molar-refractivity contribution in [2.45, 2.75) is 13.0 Å². The van der Waals surface area contributed by atoms with Gasteiger partial charge in [-0.15, -0.1) is 0 Å². The Balaban J connectivity index is 1.51. The normalized spacial score (nSPS) is 11.4. The van der Waals surface area contributed by atoms with Gasteiger partial charge in [-0.2, -0.15) is 0 Å². The molecule has 0 heterocycles. The van der Waals surface area contributed by atoms with Crippen LogP contribution >= 0.6 is 0 Å². The van der Waals surface area contributed by atoms with Crippen LogP contribution in [0.4, 0.5) is 5.69 Å². The Morgan fingerprint density at radius 2 is 1.56 bits per heavy atom. The van der Waals surface area contributed by atoms with Crippen LogP contribution < -0.4 is 10.5 Å². The van der Waals surface area contributed by atoms with Gasteiger partial charge in [-0.05, 0) is 53.9 Å². The Morgan fingerprint density at radius 1 is 0.852 bits per heavy atom. The Bertz CT molecular complexity index is 857. The van der Waals surface area contributed by atoms with E-state index in [0.717, 1.165) is 23.4 Å². The van der Waals surface area contributed by atoms with Gasteiger partial charge in [-0.3, -0.25) is 0 Å². The van der Waals surface area contributed by atoms with Gasteiger partial charge in [0.1, 0.15) is 11.6 Å². The number of hydrogen-bond acceptors (Lipinski definition) is 3. The van der Waals surface area contributed by atoms with E-state index in [2.05, 4.69) is 29.3 Å². The van der Waals surface area contributed by atoms with Crippen molar-refractivity contribution in [3.63, 3.8) is 0 Å². The van der Waals surface area contributed by atoms with Crippen LogP contribution in [0.25, 0.3) is 0 Å². The summed E-state index contributed by atoms with van der Waals surface area (Å²) in [7, 11) is 1.64. The lowest BCUT2D eigenvalue weighted by Gasteiger charge is -2.06. The lowest BCUT2D eigenvalue weighted by Crippen LogP contribution is -2.12. The Hall–Kier alpha value is -3.11. The second-order valence-corrected chi connectivity index (χ2v) is 6.18. The van der Waals surface area contributed by atoms with Crippen molar-refractivity contribution in [3.05, 3.63) is 95.6 Å². The Labute approximate surface area is 160 Å². The van der Waals surface area contributed by atoms with Gasteiger partial charge in [-0.1, -0.05) is 42.5 Å². The highest BCUT2D eigenvalue weighted by molar-refractivity contribution is 5.99. The monoisotopic (exact) mass is 360 g/mol. The van der Waals surface area contributed by atoms with E-state index in [9.17, 15) is 0 Å². The van der Waals surface area contributed by atoms with Gasteiger partial charge in [0.15, 0.2) is 0 Å². The zero-order valence-corrected chi connectivity index (χ0v) is 15.5. The second-order valence-electron chi connectivity index (χ2n) is 6.18. The van der Waals surface area contributed by atoms with E-state index in [1.54, 1.807) is 7.11 Å². The molecular formula is C23H24N2O2. The smallest absolute Gasteiger partial charge is 0.131 e. The molecule has 0 aliphatic rings.